The lowest BCUT2D eigenvalue weighted by Crippen LogP contribution is -2.57. The summed E-state index contributed by atoms with van der Waals surface area (Å²) in [6.07, 6.45) is 2.19. The topological polar surface area (TPSA) is 75.7 Å². The van der Waals surface area contributed by atoms with Crippen molar-refractivity contribution in [2.24, 2.45) is 0 Å². The molecule has 0 radical (unpaired) electrons. The van der Waals surface area contributed by atoms with E-state index in [2.05, 4.69) is 20.5 Å². The number of amides is 2. The van der Waals surface area contributed by atoms with Gasteiger partial charge in [-0.05, 0) is 30.7 Å². The molecule has 3 heterocycles. The number of piperidine rings is 1. The second-order valence-corrected chi connectivity index (χ2v) is 7.97. The first-order valence-corrected chi connectivity index (χ1v) is 10.3. The lowest BCUT2D eigenvalue weighted by Gasteiger charge is -2.44. The predicted octanol–water partition coefficient (Wildman–Crippen LogP) is 3.26. The first-order chi connectivity index (χ1) is 14.5. The van der Waals surface area contributed by atoms with Crippen molar-refractivity contribution in [3.05, 3.63) is 53.1 Å². The van der Waals surface area contributed by atoms with Crippen LogP contribution in [-0.2, 0) is 4.74 Å². The summed E-state index contributed by atoms with van der Waals surface area (Å²) in [5, 5.41) is 6.40. The maximum absolute atomic E-state index is 14.8. The molecule has 1 aromatic carbocycles. The van der Waals surface area contributed by atoms with E-state index in [-0.39, 0.29) is 18.0 Å². The van der Waals surface area contributed by atoms with Gasteiger partial charge in [0.1, 0.15) is 11.6 Å². The predicted molar refractivity (Wildman–Crippen MR) is 112 cm³/mol. The number of carbonyl (C=O) groups excluding carboxylic acids is 1. The molecular formula is C21H24ClFN4O3. The number of hydrogen-bond acceptors (Lipinski definition) is 5. The normalized spacial score (nSPS) is 22.2. The first-order valence-electron chi connectivity index (χ1n) is 9.88. The Bertz CT molecular complexity index is 894. The van der Waals surface area contributed by atoms with E-state index >= 15 is 0 Å². The summed E-state index contributed by atoms with van der Waals surface area (Å²) in [7, 11) is 1.47. The van der Waals surface area contributed by atoms with Gasteiger partial charge in [0.05, 0.1) is 38.3 Å². The fourth-order valence-corrected chi connectivity index (χ4v) is 4.00. The third-order valence-corrected chi connectivity index (χ3v) is 5.88. The minimum absolute atomic E-state index is 0.259. The Labute approximate surface area is 179 Å². The molecule has 2 amide bonds. The average Bonchev–Trinajstić information content (AvgIpc) is 2.69. The highest BCUT2D eigenvalue weighted by Crippen LogP contribution is 2.31. The largest absolute Gasteiger partial charge is 0.495 e. The molecule has 160 valence electrons. The summed E-state index contributed by atoms with van der Waals surface area (Å²) < 4.78 is 25.2. The lowest BCUT2D eigenvalue weighted by atomic mass is 9.87. The number of aromatic nitrogens is 1. The summed E-state index contributed by atoms with van der Waals surface area (Å²) in [5.74, 6) is -0.363. The monoisotopic (exact) mass is 434 g/mol. The molecule has 30 heavy (non-hydrogen) atoms. The summed E-state index contributed by atoms with van der Waals surface area (Å²) in [5.41, 5.74) is 0.962. The zero-order valence-electron chi connectivity index (χ0n) is 16.6. The van der Waals surface area contributed by atoms with Crippen LogP contribution in [0.3, 0.4) is 0 Å². The molecule has 2 fully saturated rings. The SMILES string of the molecule is COc1cnc(C2CN(C3COC3)CCC2NC(=O)Nc2ccc(Cl)cc2)c(F)c1. The van der Waals surface area contributed by atoms with Crippen LogP contribution in [0.2, 0.25) is 5.02 Å². The number of benzene rings is 1. The van der Waals surface area contributed by atoms with E-state index in [1.807, 2.05) is 0 Å². The Morgan fingerprint density at radius 3 is 2.73 bits per heavy atom. The molecule has 9 heteroatoms. The number of ether oxygens (including phenoxy) is 2. The van der Waals surface area contributed by atoms with E-state index < -0.39 is 5.82 Å². The van der Waals surface area contributed by atoms with Crippen molar-refractivity contribution in [1.29, 1.82) is 0 Å². The molecule has 0 aliphatic carbocycles. The maximum atomic E-state index is 14.8. The highest BCUT2D eigenvalue weighted by Gasteiger charge is 2.38. The van der Waals surface area contributed by atoms with Gasteiger partial charge in [0.25, 0.3) is 0 Å². The van der Waals surface area contributed by atoms with E-state index in [0.717, 1.165) is 6.54 Å². The number of rotatable bonds is 5. The molecule has 7 nitrogen and oxygen atoms in total. The van der Waals surface area contributed by atoms with Crippen molar-refractivity contribution in [3.8, 4) is 5.75 Å². The van der Waals surface area contributed by atoms with Crippen LogP contribution in [0.4, 0.5) is 14.9 Å². The van der Waals surface area contributed by atoms with Gasteiger partial charge < -0.3 is 20.1 Å². The lowest BCUT2D eigenvalue weighted by molar-refractivity contribution is -0.0746. The molecule has 2 atom stereocenters. The number of nitrogens with zero attached hydrogens (tertiary/aromatic N) is 2. The third-order valence-electron chi connectivity index (χ3n) is 5.63. The molecule has 0 saturated carbocycles. The number of anilines is 1. The van der Waals surface area contributed by atoms with Gasteiger partial charge in [-0.3, -0.25) is 9.88 Å². The number of likely N-dealkylation sites (tertiary alicyclic amines) is 1. The Morgan fingerprint density at radius 2 is 2.10 bits per heavy atom. The van der Waals surface area contributed by atoms with Gasteiger partial charge >= 0.3 is 6.03 Å². The summed E-state index contributed by atoms with van der Waals surface area (Å²) in [6.45, 7) is 2.76. The van der Waals surface area contributed by atoms with Crippen LogP contribution in [0, 0.1) is 5.82 Å². The Morgan fingerprint density at radius 1 is 1.33 bits per heavy atom. The minimum atomic E-state index is -0.434. The number of hydrogen-bond donors (Lipinski definition) is 2. The molecular weight excluding hydrogens is 411 g/mol. The molecule has 2 aromatic rings. The van der Waals surface area contributed by atoms with Gasteiger partial charge in [-0.15, -0.1) is 0 Å². The molecule has 0 spiro atoms. The van der Waals surface area contributed by atoms with Crippen LogP contribution in [0.1, 0.15) is 18.0 Å². The van der Waals surface area contributed by atoms with Crippen molar-refractivity contribution in [2.45, 2.75) is 24.4 Å². The van der Waals surface area contributed by atoms with Crippen molar-refractivity contribution in [2.75, 3.05) is 38.7 Å². The third kappa shape index (κ3) is 4.66. The Kier molecular flexibility index (Phi) is 6.36. The Hall–Kier alpha value is -2.42. The first kappa shape index (κ1) is 20.8. The molecule has 2 N–H and O–H groups in total. The van der Waals surface area contributed by atoms with Crippen LogP contribution in [-0.4, -0.2) is 61.4 Å². The van der Waals surface area contributed by atoms with Gasteiger partial charge in [0, 0.05) is 41.8 Å². The van der Waals surface area contributed by atoms with E-state index in [1.165, 1.54) is 19.4 Å². The number of carbonyl (C=O) groups is 1. The number of methoxy groups -OCH3 is 1. The summed E-state index contributed by atoms with van der Waals surface area (Å²) in [4.78, 5) is 19.2. The number of urea groups is 1. The van der Waals surface area contributed by atoms with Gasteiger partial charge in [0.15, 0.2) is 0 Å². The van der Waals surface area contributed by atoms with Crippen molar-refractivity contribution >= 4 is 23.3 Å². The van der Waals surface area contributed by atoms with Crippen molar-refractivity contribution in [1.82, 2.24) is 15.2 Å². The van der Waals surface area contributed by atoms with Crippen molar-refractivity contribution in [3.63, 3.8) is 0 Å². The van der Waals surface area contributed by atoms with Crippen LogP contribution >= 0.6 is 11.6 Å². The fraction of sp³-hybridized carbons (Fsp3) is 0.429. The molecule has 2 saturated heterocycles. The maximum Gasteiger partial charge on any atom is 0.319 e. The van der Waals surface area contributed by atoms with E-state index in [1.54, 1.807) is 24.3 Å². The molecule has 0 bridgehead atoms. The van der Waals surface area contributed by atoms with Crippen LogP contribution in [0.5, 0.6) is 5.75 Å². The van der Waals surface area contributed by atoms with Crippen LogP contribution < -0.4 is 15.4 Å². The van der Waals surface area contributed by atoms with E-state index in [9.17, 15) is 9.18 Å². The number of nitrogens with one attached hydrogen (secondary N) is 2. The second kappa shape index (κ2) is 9.16. The van der Waals surface area contributed by atoms with Gasteiger partial charge in [-0.1, -0.05) is 11.6 Å². The molecule has 1 aromatic heterocycles. The fourth-order valence-electron chi connectivity index (χ4n) is 3.88. The van der Waals surface area contributed by atoms with Crippen molar-refractivity contribution < 1.29 is 18.7 Å². The minimum Gasteiger partial charge on any atom is -0.495 e. The average molecular weight is 435 g/mol. The zero-order chi connectivity index (χ0) is 21.1. The smallest absolute Gasteiger partial charge is 0.319 e. The van der Waals surface area contributed by atoms with Gasteiger partial charge in [0.2, 0.25) is 0 Å². The highest BCUT2D eigenvalue weighted by molar-refractivity contribution is 6.30. The molecule has 2 aliphatic rings. The standard InChI is InChI=1S/C21H24ClFN4O3/c1-29-16-8-18(23)20(24-9-16)17-10-27(15-11-30-12-15)7-6-19(17)26-21(28)25-14-4-2-13(22)3-5-14/h2-5,8-9,15,17,19H,6-7,10-12H2,1H3,(H2,25,26,28). The van der Waals surface area contributed by atoms with E-state index in [4.69, 9.17) is 21.1 Å². The highest BCUT2D eigenvalue weighted by atomic mass is 35.5. The summed E-state index contributed by atoms with van der Waals surface area (Å²) in [6, 6.07) is 7.92. The number of halogens is 2. The molecule has 4 rings (SSSR count). The second-order valence-electron chi connectivity index (χ2n) is 7.54. The van der Waals surface area contributed by atoms with Gasteiger partial charge in [-0.2, -0.15) is 0 Å². The van der Waals surface area contributed by atoms with Crippen LogP contribution in [0.25, 0.3) is 0 Å². The van der Waals surface area contributed by atoms with E-state index in [0.29, 0.717) is 54.4 Å². The zero-order valence-corrected chi connectivity index (χ0v) is 17.4. The Balaban J connectivity index is 1.50. The molecule has 2 aliphatic heterocycles. The van der Waals surface area contributed by atoms with Crippen LogP contribution in [0.15, 0.2) is 36.5 Å². The quantitative estimate of drug-likeness (QED) is 0.755. The summed E-state index contributed by atoms with van der Waals surface area (Å²) >= 11 is 5.89. The molecule has 2 unspecified atom stereocenters. The number of pyridine rings is 1. The van der Waals surface area contributed by atoms with Gasteiger partial charge in [-0.25, -0.2) is 9.18 Å².